The highest BCUT2D eigenvalue weighted by atomic mass is 16.5. The largest absolute Gasteiger partial charge is 0.464 e. The zero-order valence-electron chi connectivity index (χ0n) is 12.7. The van der Waals surface area contributed by atoms with Crippen molar-refractivity contribution in [1.29, 1.82) is 0 Å². The van der Waals surface area contributed by atoms with E-state index in [4.69, 9.17) is 10.5 Å². The Kier molecular flexibility index (Phi) is 4.62. The Labute approximate surface area is 124 Å². The summed E-state index contributed by atoms with van der Waals surface area (Å²) in [6, 6.07) is 8.37. The van der Waals surface area contributed by atoms with Crippen molar-refractivity contribution in [1.82, 2.24) is 9.55 Å². The number of rotatable bonds is 5. The summed E-state index contributed by atoms with van der Waals surface area (Å²) in [6.45, 7) is 4.71. The van der Waals surface area contributed by atoms with Gasteiger partial charge >= 0.3 is 5.97 Å². The van der Waals surface area contributed by atoms with E-state index in [9.17, 15) is 4.79 Å². The van der Waals surface area contributed by atoms with E-state index >= 15 is 0 Å². The van der Waals surface area contributed by atoms with Crippen LogP contribution < -0.4 is 5.73 Å². The van der Waals surface area contributed by atoms with E-state index in [0.717, 1.165) is 17.8 Å². The molecule has 0 radical (unpaired) electrons. The molecule has 0 fully saturated rings. The molecule has 0 unspecified atom stereocenters. The van der Waals surface area contributed by atoms with Crippen LogP contribution in [0.25, 0.3) is 0 Å². The molecule has 5 heteroatoms. The Bertz CT molecular complexity index is 630. The number of hydrogen-bond donors (Lipinski definition) is 1. The first-order chi connectivity index (χ1) is 10.1. The fraction of sp³-hybridized carbons (Fsp3) is 0.375. The summed E-state index contributed by atoms with van der Waals surface area (Å²) in [5.41, 5.74) is 8.68. The standard InChI is InChI=1S/C16H21N3O2/c1-4-11-6-8-12(9-7-11)10-19-13(5-2)18-14(15(19)17)16(20)21-3/h6-9H,4-5,10,17H2,1-3H3. The number of methoxy groups -OCH3 is 1. The van der Waals surface area contributed by atoms with Crippen molar-refractivity contribution < 1.29 is 9.53 Å². The van der Waals surface area contributed by atoms with Gasteiger partial charge in [0.05, 0.1) is 13.7 Å². The summed E-state index contributed by atoms with van der Waals surface area (Å²) in [5, 5.41) is 0. The molecule has 2 N–H and O–H groups in total. The summed E-state index contributed by atoms with van der Waals surface area (Å²) in [5.74, 6) is 0.646. The van der Waals surface area contributed by atoms with Crippen LogP contribution >= 0.6 is 0 Å². The molecule has 5 nitrogen and oxygen atoms in total. The van der Waals surface area contributed by atoms with E-state index in [1.807, 2.05) is 11.5 Å². The topological polar surface area (TPSA) is 70.1 Å². The second-order valence-corrected chi connectivity index (χ2v) is 4.86. The molecule has 0 bridgehead atoms. The Morgan fingerprint density at radius 1 is 1.19 bits per heavy atom. The van der Waals surface area contributed by atoms with Gasteiger partial charge in [0.1, 0.15) is 11.6 Å². The van der Waals surface area contributed by atoms with Crippen molar-refractivity contribution in [2.45, 2.75) is 33.2 Å². The minimum Gasteiger partial charge on any atom is -0.464 e. The molecule has 0 atom stereocenters. The van der Waals surface area contributed by atoms with Gasteiger partial charge in [-0.2, -0.15) is 0 Å². The van der Waals surface area contributed by atoms with Gasteiger partial charge < -0.3 is 15.0 Å². The molecular formula is C16H21N3O2. The third kappa shape index (κ3) is 3.07. The number of ether oxygens (including phenoxy) is 1. The number of aryl methyl sites for hydroxylation is 2. The lowest BCUT2D eigenvalue weighted by Crippen LogP contribution is -2.10. The molecule has 0 amide bonds. The Hall–Kier alpha value is -2.30. The van der Waals surface area contributed by atoms with Crippen LogP contribution in [-0.4, -0.2) is 22.6 Å². The smallest absolute Gasteiger partial charge is 0.360 e. The van der Waals surface area contributed by atoms with Crippen molar-refractivity contribution in [2.24, 2.45) is 0 Å². The van der Waals surface area contributed by atoms with Crippen molar-refractivity contribution in [2.75, 3.05) is 12.8 Å². The number of anilines is 1. The van der Waals surface area contributed by atoms with Gasteiger partial charge in [-0.05, 0) is 17.5 Å². The number of carbonyl (C=O) groups is 1. The van der Waals surface area contributed by atoms with Gasteiger partial charge in [-0.1, -0.05) is 38.1 Å². The highest BCUT2D eigenvalue weighted by Crippen LogP contribution is 2.18. The van der Waals surface area contributed by atoms with E-state index in [2.05, 4.69) is 36.2 Å². The van der Waals surface area contributed by atoms with E-state index in [1.165, 1.54) is 12.7 Å². The number of hydrogen-bond acceptors (Lipinski definition) is 4. The lowest BCUT2D eigenvalue weighted by atomic mass is 10.1. The van der Waals surface area contributed by atoms with Crippen LogP contribution in [0.5, 0.6) is 0 Å². The molecule has 1 aromatic carbocycles. The normalized spacial score (nSPS) is 10.6. The van der Waals surface area contributed by atoms with Crippen molar-refractivity contribution in [3.05, 3.63) is 46.9 Å². The maximum absolute atomic E-state index is 11.7. The van der Waals surface area contributed by atoms with E-state index in [1.54, 1.807) is 0 Å². The zero-order valence-corrected chi connectivity index (χ0v) is 12.7. The molecule has 0 saturated heterocycles. The van der Waals surface area contributed by atoms with Crippen LogP contribution in [0.3, 0.4) is 0 Å². The van der Waals surface area contributed by atoms with Gasteiger partial charge in [0.15, 0.2) is 5.69 Å². The first kappa shape index (κ1) is 15.1. The first-order valence-electron chi connectivity index (χ1n) is 7.11. The SMILES string of the molecule is CCc1ccc(Cn2c(CC)nc(C(=O)OC)c2N)cc1. The molecule has 0 aliphatic rings. The fourth-order valence-corrected chi connectivity index (χ4v) is 2.27. The molecule has 2 aromatic rings. The number of nitrogens with zero attached hydrogens (tertiary/aromatic N) is 2. The van der Waals surface area contributed by atoms with Gasteiger partial charge in [0.25, 0.3) is 0 Å². The molecular weight excluding hydrogens is 266 g/mol. The maximum Gasteiger partial charge on any atom is 0.360 e. The fourth-order valence-electron chi connectivity index (χ4n) is 2.27. The average molecular weight is 287 g/mol. The Morgan fingerprint density at radius 3 is 2.33 bits per heavy atom. The van der Waals surface area contributed by atoms with Gasteiger partial charge in [0.2, 0.25) is 0 Å². The van der Waals surface area contributed by atoms with Crippen LogP contribution in [0.4, 0.5) is 5.82 Å². The number of aromatic nitrogens is 2. The van der Waals surface area contributed by atoms with Crippen molar-refractivity contribution >= 4 is 11.8 Å². The highest BCUT2D eigenvalue weighted by molar-refractivity contribution is 5.92. The van der Waals surface area contributed by atoms with Crippen molar-refractivity contribution in [3.8, 4) is 0 Å². The summed E-state index contributed by atoms with van der Waals surface area (Å²) >= 11 is 0. The molecule has 1 heterocycles. The van der Waals surface area contributed by atoms with Gasteiger partial charge in [-0.25, -0.2) is 9.78 Å². The van der Waals surface area contributed by atoms with Crippen LogP contribution in [-0.2, 0) is 24.1 Å². The quantitative estimate of drug-likeness (QED) is 0.857. The minimum atomic E-state index is -0.498. The van der Waals surface area contributed by atoms with E-state index < -0.39 is 5.97 Å². The first-order valence-corrected chi connectivity index (χ1v) is 7.11. The molecule has 21 heavy (non-hydrogen) atoms. The predicted molar refractivity (Wildman–Crippen MR) is 82.3 cm³/mol. The second-order valence-electron chi connectivity index (χ2n) is 4.86. The third-order valence-electron chi connectivity index (χ3n) is 3.55. The molecule has 0 saturated carbocycles. The van der Waals surface area contributed by atoms with Gasteiger partial charge in [-0.3, -0.25) is 0 Å². The molecule has 0 spiro atoms. The zero-order chi connectivity index (χ0) is 15.4. The maximum atomic E-state index is 11.7. The predicted octanol–water partition coefficient (Wildman–Crippen LogP) is 2.43. The molecule has 1 aromatic heterocycles. The summed E-state index contributed by atoms with van der Waals surface area (Å²) in [7, 11) is 1.33. The van der Waals surface area contributed by atoms with Gasteiger partial charge in [-0.15, -0.1) is 0 Å². The molecule has 0 aliphatic carbocycles. The monoisotopic (exact) mass is 287 g/mol. The molecule has 2 rings (SSSR count). The number of esters is 1. The second kappa shape index (κ2) is 6.43. The molecule has 0 aliphatic heterocycles. The van der Waals surface area contributed by atoms with Crippen LogP contribution in [0.15, 0.2) is 24.3 Å². The number of benzene rings is 1. The lowest BCUT2D eigenvalue weighted by molar-refractivity contribution is 0.0595. The van der Waals surface area contributed by atoms with Crippen molar-refractivity contribution in [3.63, 3.8) is 0 Å². The highest BCUT2D eigenvalue weighted by Gasteiger charge is 2.20. The van der Waals surface area contributed by atoms with Gasteiger partial charge in [0, 0.05) is 6.42 Å². The summed E-state index contributed by atoms with van der Waals surface area (Å²) in [4.78, 5) is 16.0. The minimum absolute atomic E-state index is 0.194. The average Bonchev–Trinajstić information content (AvgIpc) is 2.84. The van der Waals surface area contributed by atoms with Crippen LogP contribution in [0.2, 0.25) is 0 Å². The van der Waals surface area contributed by atoms with Crippen LogP contribution in [0.1, 0.15) is 41.3 Å². The van der Waals surface area contributed by atoms with E-state index in [0.29, 0.717) is 18.8 Å². The van der Waals surface area contributed by atoms with Crippen LogP contribution in [0, 0.1) is 0 Å². The number of carbonyl (C=O) groups excluding carboxylic acids is 1. The summed E-state index contributed by atoms with van der Waals surface area (Å²) < 4.78 is 6.58. The third-order valence-corrected chi connectivity index (χ3v) is 3.55. The molecule has 112 valence electrons. The Morgan fingerprint density at radius 2 is 1.81 bits per heavy atom. The lowest BCUT2D eigenvalue weighted by Gasteiger charge is -2.09. The number of nitrogens with two attached hydrogens (primary N) is 1. The van der Waals surface area contributed by atoms with E-state index in [-0.39, 0.29) is 5.69 Å². The number of nitrogen functional groups attached to an aromatic ring is 1. The summed E-state index contributed by atoms with van der Waals surface area (Å²) in [6.07, 6.45) is 1.72. The number of imidazole rings is 1. The Balaban J connectivity index is 2.33.